The van der Waals surface area contributed by atoms with Gasteiger partial charge in [-0.25, -0.2) is 4.39 Å². The average molecular weight is 347 g/mol. The maximum absolute atomic E-state index is 13.4. The number of aryl methyl sites for hydroxylation is 1. The molecule has 26 heavy (non-hydrogen) atoms. The molecule has 3 heteroatoms. The van der Waals surface area contributed by atoms with Crippen molar-refractivity contribution in [3.63, 3.8) is 0 Å². The highest BCUT2D eigenvalue weighted by Gasteiger charge is 2.55. The van der Waals surface area contributed by atoms with Crippen molar-refractivity contribution in [3.8, 4) is 11.1 Å². The van der Waals surface area contributed by atoms with Crippen molar-refractivity contribution < 1.29 is 9.13 Å². The fourth-order valence-electron chi connectivity index (χ4n) is 4.62. The largest absolute Gasteiger partial charge is 0.353 e. The van der Waals surface area contributed by atoms with Crippen LogP contribution < -0.4 is 0 Å². The molecule has 3 aromatic rings. The molecular weight excluding hydrogens is 325 g/mol. The Balaban J connectivity index is 1.83. The fraction of sp³-hybridized carbons (Fsp3) is 0.304. The Labute approximate surface area is 152 Å². The number of hydrogen-bond acceptors (Lipinski definition) is 1. The number of nitrogens with zero attached hydrogens (tertiary/aromatic N) is 1. The molecule has 2 bridgehead atoms. The van der Waals surface area contributed by atoms with Gasteiger partial charge in [0.15, 0.2) is 0 Å². The number of aromatic nitrogens is 1. The van der Waals surface area contributed by atoms with Gasteiger partial charge in [-0.15, -0.1) is 0 Å². The number of rotatable bonds is 1. The highest BCUT2D eigenvalue weighted by atomic mass is 19.1. The predicted octanol–water partition coefficient (Wildman–Crippen LogP) is 5.87. The lowest BCUT2D eigenvalue weighted by atomic mass is 9.70. The standard InChI is InChI=1S/C23H22FNO/c1-22(2,3)23-12-11-19(26-23)17-10-9-16-18(13-25(4)21(16)20(17)23)14-5-7-15(24)8-6-14/h5-13,19H,1-4H3. The van der Waals surface area contributed by atoms with Gasteiger partial charge in [0.2, 0.25) is 0 Å². The van der Waals surface area contributed by atoms with E-state index < -0.39 is 5.60 Å². The average Bonchev–Trinajstić information content (AvgIpc) is 3.26. The third-order valence-corrected chi connectivity index (χ3v) is 5.94. The van der Waals surface area contributed by atoms with Gasteiger partial charge in [0.25, 0.3) is 0 Å². The summed E-state index contributed by atoms with van der Waals surface area (Å²) in [6.45, 7) is 6.70. The summed E-state index contributed by atoms with van der Waals surface area (Å²) in [4.78, 5) is 0. The Morgan fingerprint density at radius 2 is 1.81 bits per heavy atom. The van der Waals surface area contributed by atoms with Crippen molar-refractivity contribution in [3.05, 3.63) is 71.7 Å². The van der Waals surface area contributed by atoms with E-state index in [9.17, 15) is 4.39 Å². The monoisotopic (exact) mass is 347 g/mol. The van der Waals surface area contributed by atoms with E-state index in [0.717, 1.165) is 11.1 Å². The first kappa shape index (κ1) is 15.8. The van der Waals surface area contributed by atoms with Crippen molar-refractivity contribution in [1.29, 1.82) is 0 Å². The molecule has 5 rings (SSSR count). The van der Waals surface area contributed by atoms with Gasteiger partial charge in [0.1, 0.15) is 17.5 Å². The Hall–Kier alpha value is -2.39. The molecule has 2 unspecified atom stereocenters. The first-order valence-electron chi connectivity index (χ1n) is 9.07. The van der Waals surface area contributed by atoms with Crippen LogP contribution in [0.5, 0.6) is 0 Å². The molecule has 0 fully saturated rings. The molecule has 132 valence electrons. The Morgan fingerprint density at radius 3 is 2.50 bits per heavy atom. The van der Waals surface area contributed by atoms with Crippen molar-refractivity contribution in [2.75, 3.05) is 0 Å². The Bertz CT molecular complexity index is 1070. The van der Waals surface area contributed by atoms with E-state index >= 15 is 0 Å². The minimum absolute atomic E-state index is 0.0396. The quantitative estimate of drug-likeness (QED) is 0.502. The fourth-order valence-corrected chi connectivity index (χ4v) is 4.62. The second kappa shape index (κ2) is 4.86. The molecule has 0 saturated heterocycles. The number of hydrogen-bond donors (Lipinski definition) is 0. The predicted molar refractivity (Wildman–Crippen MR) is 102 cm³/mol. The summed E-state index contributed by atoms with van der Waals surface area (Å²) in [5.74, 6) is -0.211. The maximum atomic E-state index is 13.4. The number of fused-ring (bicyclic) bond motifs is 7. The normalized spacial score (nSPS) is 23.8. The molecule has 2 aromatic carbocycles. The lowest BCUT2D eigenvalue weighted by molar-refractivity contribution is -0.0747. The van der Waals surface area contributed by atoms with Crippen LogP contribution in [0.2, 0.25) is 0 Å². The van der Waals surface area contributed by atoms with Crippen LogP contribution >= 0.6 is 0 Å². The van der Waals surface area contributed by atoms with Crippen molar-refractivity contribution in [2.45, 2.75) is 32.5 Å². The molecule has 2 aliphatic rings. The Morgan fingerprint density at radius 1 is 1.08 bits per heavy atom. The van der Waals surface area contributed by atoms with Crippen molar-refractivity contribution >= 4 is 10.9 Å². The molecule has 0 radical (unpaired) electrons. The SMILES string of the molecule is Cn1cc(-c2ccc(F)cc2)c2ccc3c(c21)C1(C(C)(C)C)C=CC3O1. The van der Waals surface area contributed by atoms with Gasteiger partial charge in [-0.05, 0) is 34.8 Å². The summed E-state index contributed by atoms with van der Waals surface area (Å²) < 4.78 is 22.1. The van der Waals surface area contributed by atoms with E-state index in [1.165, 1.54) is 34.2 Å². The molecule has 1 aromatic heterocycles. The van der Waals surface area contributed by atoms with E-state index in [2.05, 4.69) is 62.9 Å². The van der Waals surface area contributed by atoms with Gasteiger partial charge in [-0.2, -0.15) is 0 Å². The van der Waals surface area contributed by atoms with E-state index in [1.807, 2.05) is 12.1 Å². The molecule has 0 saturated carbocycles. The summed E-state index contributed by atoms with van der Waals surface area (Å²) >= 11 is 0. The topological polar surface area (TPSA) is 14.2 Å². The lowest BCUT2D eigenvalue weighted by Gasteiger charge is -2.38. The van der Waals surface area contributed by atoms with E-state index in [4.69, 9.17) is 4.74 Å². The van der Waals surface area contributed by atoms with Crippen molar-refractivity contribution in [2.24, 2.45) is 12.5 Å². The molecule has 2 aliphatic heterocycles. The molecular formula is C23H22FNO. The first-order valence-corrected chi connectivity index (χ1v) is 9.07. The molecule has 0 aliphatic carbocycles. The van der Waals surface area contributed by atoms with Gasteiger partial charge in [-0.1, -0.05) is 51.1 Å². The number of halogens is 1. The minimum atomic E-state index is -0.404. The summed E-state index contributed by atoms with van der Waals surface area (Å²) in [6, 6.07) is 11.1. The van der Waals surface area contributed by atoms with E-state index in [1.54, 1.807) is 0 Å². The van der Waals surface area contributed by atoms with Crippen LogP contribution in [-0.2, 0) is 17.4 Å². The third-order valence-electron chi connectivity index (χ3n) is 5.94. The highest BCUT2D eigenvalue weighted by molar-refractivity contribution is 5.99. The number of benzene rings is 2. The third kappa shape index (κ3) is 1.84. The van der Waals surface area contributed by atoms with Gasteiger partial charge < -0.3 is 9.30 Å². The molecule has 0 spiro atoms. The maximum Gasteiger partial charge on any atom is 0.123 e. The van der Waals surface area contributed by atoms with Gasteiger partial charge >= 0.3 is 0 Å². The lowest BCUT2D eigenvalue weighted by Crippen LogP contribution is -2.37. The molecule has 0 N–H and O–H groups in total. The summed E-state index contributed by atoms with van der Waals surface area (Å²) in [5, 5.41) is 1.19. The Kier molecular flexibility index (Phi) is 2.96. The van der Waals surface area contributed by atoms with Crippen LogP contribution in [0.3, 0.4) is 0 Å². The van der Waals surface area contributed by atoms with Gasteiger partial charge in [-0.3, -0.25) is 0 Å². The highest BCUT2D eigenvalue weighted by Crippen LogP contribution is 2.60. The summed E-state index contributed by atoms with van der Waals surface area (Å²) in [5.41, 5.74) is 5.45. The summed E-state index contributed by atoms with van der Waals surface area (Å²) in [6.07, 6.45) is 6.61. The number of ether oxygens (including phenoxy) is 1. The minimum Gasteiger partial charge on any atom is -0.353 e. The zero-order valence-electron chi connectivity index (χ0n) is 15.5. The van der Waals surface area contributed by atoms with Crippen LogP contribution in [0.15, 0.2) is 54.7 Å². The van der Waals surface area contributed by atoms with Gasteiger partial charge in [0, 0.05) is 29.8 Å². The summed E-state index contributed by atoms with van der Waals surface area (Å²) in [7, 11) is 2.09. The molecule has 0 amide bonds. The second-order valence-corrected chi connectivity index (χ2v) is 8.47. The van der Waals surface area contributed by atoms with Crippen LogP contribution in [0.4, 0.5) is 4.39 Å². The van der Waals surface area contributed by atoms with Crippen LogP contribution in [-0.4, -0.2) is 4.57 Å². The smallest absolute Gasteiger partial charge is 0.123 e. The van der Waals surface area contributed by atoms with Crippen LogP contribution in [0.1, 0.15) is 38.0 Å². The molecule has 2 nitrogen and oxygen atoms in total. The first-order chi connectivity index (χ1) is 12.3. The van der Waals surface area contributed by atoms with Crippen LogP contribution in [0.25, 0.3) is 22.0 Å². The van der Waals surface area contributed by atoms with Crippen LogP contribution in [0, 0.1) is 11.2 Å². The molecule has 2 atom stereocenters. The zero-order chi connectivity index (χ0) is 18.3. The van der Waals surface area contributed by atoms with E-state index in [-0.39, 0.29) is 17.3 Å². The second-order valence-electron chi connectivity index (χ2n) is 8.47. The zero-order valence-corrected chi connectivity index (χ0v) is 15.5. The van der Waals surface area contributed by atoms with Crippen molar-refractivity contribution in [1.82, 2.24) is 4.57 Å². The van der Waals surface area contributed by atoms with Gasteiger partial charge in [0.05, 0.1) is 5.52 Å². The molecule has 3 heterocycles. The van der Waals surface area contributed by atoms with E-state index in [0.29, 0.717) is 0 Å².